The van der Waals surface area contributed by atoms with E-state index in [1.807, 2.05) is 0 Å². The van der Waals surface area contributed by atoms with Gasteiger partial charge in [0.15, 0.2) is 0 Å². The molecule has 0 aliphatic carbocycles. The summed E-state index contributed by atoms with van der Waals surface area (Å²) in [7, 11) is -3.55. The molecule has 0 amide bonds. The fourth-order valence-corrected chi connectivity index (χ4v) is 5.05. The Kier molecular flexibility index (Phi) is 24.8. The van der Waals surface area contributed by atoms with Gasteiger partial charge in [0.25, 0.3) is 0 Å². The maximum Gasteiger partial charge on any atom is 0.491 e. The normalized spacial score (nSPS) is 12.3. The Morgan fingerprint density at radius 3 is 1.44 bits per heavy atom. The second-order valence-electron chi connectivity index (χ2n) is 10.8. The van der Waals surface area contributed by atoms with Crippen molar-refractivity contribution >= 4 is 7.82 Å². The number of hydrogen-bond donors (Lipinski definition) is 1. The van der Waals surface area contributed by atoms with Gasteiger partial charge in [-0.05, 0) is 31.1 Å². The molecule has 0 aromatic rings. The monoisotopic (exact) mass is 505 g/mol. The van der Waals surface area contributed by atoms with E-state index < -0.39 is 7.82 Å². The van der Waals surface area contributed by atoms with Crippen molar-refractivity contribution in [3.8, 4) is 0 Å². The first-order chi connectivity index (χ1) is 16.4. The Morgan fingerprint density at radius 1 is 0.588 bits per heavy atom. The molecule has 0 saturated heterocycles. The van der Waals surface area contributed by atoms with Gasteiger partial charge in [-0.15, -0.1) is 0 Å². The molecule has 0 aliphatic heterocycles. The van der Waals surface area contributed by atoms with Crippen molar-refractivity contribution in [1.82, 2.24) is 5.48 Å². The second-order valence-corrected chi connectivity index (χ2v) is 12.4. The summed E-state index contributed by atoms with van der Waals surface area (Å²) in [4.78, 5) is 0. The van der Waals surface area contributed by atoms with Gasteiger partial charge in [0.1, 0.15) is 0 Å². The van der Waals surface area contributed by atoms with Crippen molar-refractivity contribution in [2.24, 2.45) is 11.8 Å². The molecule has 34 heavy (non-hydrogen) atoms. The van der Waals surface area contributed by atoms with E-state index in [2.05, 4.69) is 40.1 Å². The Hall–Kier alpha value is 0.0700. The number of nitrogens with one attached hydrogen (secondary N) is 1. The van der Waals surface area contributed by atoms with E-state index in [0.717, 1.165) is 43.9 Å². The van der Waals surface area contributed by atoms with E-state index in [4.69, 9.17) is 13.7 Å². The van der Waals surface area contributed by atoms with E-state index in [1.54, 1.807) is 0 Å². The Balaban J connectivity index is 4.02. The highest BCUT2D eigenvalue weighted by Gasteiger charge is 2.26. The molecule has 0 unspecified atom stereocenters. The van der Waals surface area contributed by atoms with Gasteiger partial charge >= 0.3 is 7.82 Å². The molecule has 1 N–H and O–H groups in total. The molecule has 0 spiro atoms. The first-order valence-corrected chi connectivity index (χ1v) is 16.2. The minimum absolute atomic E-state index is 0.419. The summed E-state index contributed by atoms with van der Waals surface area (Å²) in [5.74, 6) is 1.45. The molecular weight excluding hydrogens is 445 g/mol. The molecule has 6 heteroatoms. The van der Waals surface area contributed by atoms with Crippen LogP contribution in [0.1, 0.15) is 150 Å². The number of rotatable bonds is 27. The lowest BCUT2D eigenvalue weighted by Gasteiger charge is -2.18. The number of hydroxylamine groups is 1. The van der Waals surface area contributed by atoms with Gasteiger partial charge in [-0.3, -0.25) is 9.05 Å². The van der Waals surface area contributed by atoms with Crippen LogP contribution in [0.3, 0.4) is 0 Å². The third kappa shape index (κ3) is 25.2. The number of phosphoric ester groups is 1. The zero-order valence-corrected chi connectivity index (χ0v) is 24.5. The second kappa shape index (κ2) is 24.8. The van der Waals surface area contributed by atoms with Crippen molar-refractivity contribution in [3.05, 3.63) is 0 Å². The summed E-state index contributed by atoms with van der Waals surface area (Å²) in [5.41, 5.74) is 2.87. The van der Waals surface area contributed by atoms with Crippen molar-refractivity contribution in [3.63, 3.8) is 0 Å². The highest BCUT2D eigenvalue weighted by atomic mass is 31.2. The topological polar surface area (TPSA) is 56.8 Å². The molecule has 0 heterocycles. The van der Waals surface area contributed by atoms with E-state index in [0.29, 0.717) is 19.8 Å². The maximum absolute atomic E-state index is 13.0. The molecular formula is C28H60NO4P. The Labute approximate surface area is 213 Å². The molecule has 0 radical (unpaired) electrons. The van der Waals surface area contributed by atoms with Gasteiger partial charge in [-0.2, -0.15) is 10.1 Å². The average molecular weight is 506 g/mol. The first-order valence-electron chi connectivity index (χ1n) is 14.7. The van der Waals surface area contributed by atoms with E-state index in [9.17, 15) is 4.57 Å². The van der Waals surface area contributed by atoms with E-state index >= 15 is 0 Å². The van der Waals surface area contributed by atoms with Gasteiger partial charge < -0.3 is 0 Å². The van der Waals surface area contributed by atoms with E-state index in [-0.39, 0.29) is 0 Å². The van der Waals surface area contributed by atoms with Crippen molar-refractivity contribution in [1.29, 1.82) is 0 Å². The molecule has 0 bridgehead atoms. The highest BCUT2D eigenvalue weighted by molar-refractivity contribution is 7.48. The largest absolute Gasteiger partial charge is 0.491 e. The lowest BCUT2D eigenvalue weighted by molar-refractivity contribution is 0.0687. The van der Waals surface area contributed by atoms with Gasteiger partial charge in [-0.25, -0.2) is 4.57 Å². The standard InChI is InChI=1S/C28H60NO4P/c1-6-7-8-9-10-11-12-13-14-19-24-29-33-34(30,31-25-20-15-17-22-27(2)3)32-26-21-16-18-23-28(4)5/h27-29H,6-26H2,1-5H3. The molecule has 0 aromatic heterocycles. The molecule has 0 fully saturated rings. The molecule has 0 atom stereocenters. The summed E-state index contributed by atoms with van der Waals surface area (Å²) in [6.45, 7) is 12.8. The minimum atomic E-state index is -3.55. The fourth-order valence-electron chi connectivity index (χ4n) is 3.91. The zero-order chi connectivity index (χ0) is 25.3. The van der Waals surface area contributed by atoms with Crippen LogP contribution < -0.4 is 5.48 Å². The number of phosphoric acid groups is 1. The van der Waals surface area contributed by atoms with E-state index in [1.165, 1.54) is 83.5 Å². The quantitative estimate of drug-likeness (QED) is 0.0683. The van der Waals surface area contributed by atoms with Crippen molar-refractivity contribution < 1.29 is 18.2 Å². The number of hydrogen-bond acceptors (Lipinski definition) is 5. The van der Waals surface area contributed by atoms with Crippen LogP contribution in [-0.4, -0.2) is 19.8 Å². The molecule has 0 aliphatic rings. The molecule has 0 rings (SSSR count). The smallest absolute Gasteiger partial charge is 0.286 e. The lowest BCUT2D eigenvalue weighted by atomic mass is 10.1. The molecule has 0 saturated carbocycles. The minimum Gasteiger partial charge on any atom is -0.286 e. The predicted molar refractivity (Wildman–Crippen MR) is 147 cm³/mol. The Morgan fingerprint density at radius 2 is 1.00 bits per heavy atom. The summed E-state index contributed by atoms with van der Waals surface area (Å²) >= 11 is 0. The summed E-state index contributed by atoms with van der Waals surface area (Å²) in [6, 6.07) is 0. The third-order valence-electron chi connectivity index (χ3n) is 6.16. The Bertz CT molecular complexity index is 436. The highest BCUT2D eigenvalue weighted by Crippen LogP contribution is 2.48. The van der Waals surface area contributed by atoms with Gasteiger partial charge in [0.2, 0.25) is 0 Å². The summed E-state index contributed by atoms with van der Waals surface area (Å²) in [5, 5.41) is 0. The van der Waals surface area contributed by atoms with Crippen LogP contribution in [0.4, 0.5) is 0 Å². The SMILES string of the molecule is CCCCCCCCCCCCNOP(=O)(OCCCCCC(C)C)OCCCCCC(C)C. The average Bonchev–Trinajstić information content (AvgIpc) is 2.79. The summed E-state index contributed by atoms with van der Waals surface area (Å²) in [6.07, 6.45) is 21.7. The maximum atomic E-state index is 13.0. The van der Waals surface area contributed by atoms with Crippen molar-refractivity contribution in [2.75, 3.05) is 19.8 Å². The summed E-state index contributed by atoms with van der Waals surface area (Å²) < 4.78 is 29.8. The number of unbranched alkanes of at least 4 members (excludes halogenated alkanes) is 13. The van der Waals surface area contributed by atoms with Crippen LogP contribution in [0.25, 0.3) is 0 Å². The molecule has 0 aromatic carbocycles. The lowest BCUT2D eigenvalue weighted by Crippen LogP contribution is -2.17. The van der Waals surface area contributed by atoms with Crippen LogP contribution in [0.2, 0.25) is 0 Å². The van der Waals surface area contributed by atoms with Crippen molar-refractivity contribution in [2.45, 2.75) is 150 Å². The molecule has 206 valence electrons. The van der Waals surface area contributed by atoms with Gasteiger partial charge in [-0.1, -0.05) is 131 Å². The van der Waals surface area contributed by atoms with Crippen LogP contribution >= 0.6 is 7.82 Å². The van der Waals surface area contributed by atoms with Crippen LogP contribution in [0.5, 0.6) is 0 Å². The van der Waals surface area contributed by atoms with Crippen LogP contribution in [0, 0.1) is 11.8 Å². The fraction of sp³-hybridized carbons (Fsp3) is 1.00. The van der Waals surface area contributed by atoms with Gasteiger partial charge in [0, 0.05) is 6.54 Å². The third-order valence-corrected chi connectivity index (χ3v) is 7.51. The van der Waals surface area contributed by atoms with Crippen LogP contribution in [0.15, 0.2) is 0 Å². The zero-order valence-electron chi connectivity index (χ0n) is 23.6. The van der Waals surface area contributed by atoms with Gasteiger partial charge in [0.05, 0.1) is 13.2 Å². The predicted octanol–water partition coefficient (Wildman–Crippen LogP) is 10.0. The molecule has 5 nitrogen and oxygen atoms in total. The first kappa shape index (κ1) is 34.1. The van der Waals surface area contributed by atoms with Crippen LogP contribution in [-0.2, 0) is 18.2 Å².